The lowest BCUT2D eigenvalue weighted by atomic mass is 9.88. The van der Waals surface area contributed by atoms with Crippen molar-refractivity contribution in [3.8, 4) is 22.3 Å². The van der Waals surface area contributed by atoms with Gasteiger partial charge in [-0.25, -0.2) is 0 Å². The Hall–Kier alpha value is -3.92. The number of rotatable bonds is 5. The molecule has 5 rings (SSSR count). The van der Waals surface area contributed by atoms with Gasteiger partial charge in [-0.05, 0) is 84.0 Å². The molecule has 2 aliphatic rings. The second-order valence-electron chi connectivity index (χ2n) is 9.99. The lowest BCUT2D eigenvalue weighted by Gasteiger charge is -2.19. The van der Waals surface area contributed by atoms with Gasteiger partial charge in [0.2, 0.25) is 0 Å². The fourth-order valence-corrected chi connectivity index (χ4v) is 5.22. The summed E-state index contributed by atoms with van der Waals surface area (Å²) in [5, 5.41) is 0. The first kappa shape index (κ1) is 25.7. The largest absolute Gasteiger partial charge is 0.412 e. The summed E-state index contributed by atoms with van der Waals surface area (Å²) in [4.78, 5) is 12.8. The molecule has 0 bridgehead atoms. The number of ketones is 1. The van der Waals surface area contributed by atoms with E-state index in [2.05, 4.69) is 31.2 Å². The van der Waals surface area contributed by atoms with Gasteiger partial charge in [-0.1, -0.05) is 91.0 Å². The zero-order chi connectivity index (χ0) is 26.9. The fourth-order valence-electron chi connectivity index (χ4n) is 5.22. The summed E-state index contributed by atoms with van der Waals surface area (Å²) in [5.41, 5.74) is 9.40. The predicted octanol–water partition coefficient (Wildman–Crippen LogP) is 9.76. The smallest absolute Gasteiger partial charge is 0.289 e. The number of halogens is 3. The Morgan fingerprint density at radius 2 is 1.37 bits per heavy atom. The maximum Gasteiger partial charge on any atom is 0.412 e. The number of hydrogen-bond acceptors (Lipinski definition) is 1. The summed E-state index contributed by atoms with van der Waals surface area (Å²) in [5.74, 6) is 0.0548. The molecule has 3 aromatic carbocycles. The molecule has 0 amide bonds. The van der Waals surface area contributed by atoms with E-state index < -0.39 is 11.7 Å². The molecule has 192 valence electrons. The van der Waals surface area contributed by atoms with Gasteiger partial charge in [0, 0.05) is 16.7 Å². The van der Waals surface area contributed by atoms with Gasteiger partial charge in [0.1, 0.15) is 0 Å². The molecule has 0 fully saturated rings. The minimum Gasteiger partial charge on any atom is -0.289 e. The van der Waals surface area contributed by atoms with Gasteiger partial charge in [-0.2, -0.15) is 13.2 Å². The molecule has 0 spiro atoms. The van der Waals surface area contributed by atoms with Crippen LogP contribution in [0.3, 0.4) is 0 Å². The first-order chi connectivity index (χ1) is 18.2. The summed E-state index contributed by atoms with van der Waals surface area (Å²) in [7, 11) is 0. The monoisotopic (exact) mass is 510 g/mol. The van der Waals surface area contributed by atoms with Crippen molar-refractivity contribution in [3.05, 3.63) is 124 Å². The molecule has 1 nitrogen and oxygen atoms in total. The number of hydrogen-bond donors (Lipinski definition) is 0. The van der Waals surface area contributed by atoms with E-state index in [9.17, 15) is 18.0 Å². The molecule has 0 radical (unpaired) electrons. The number of Topliss-reactive ketones (excluding diaryl/α,β-unsaturated/α-hetero) is 1. The number of allylic oxidation sites excluding steroid dienone is 8. The van der Waals surface area contributed by atoms with Crippen LogP contribution in [-0.2, 0) is 0 Å². The summed E-state index contributed by atoms with van der Waals surface area (Å²) < 4.78 is 38.9. The van der Waals surface area contributed by atoms with E-state index in [1.54, 1.807) is 6.08 Å². The lowest BCUT2D eigenvalue weighted by molar-refractivity contribution is -0.0939. The first-order valence-corrected chi connectivity index (χ1v) is 12.9. The summed E-state index contributed by atoms with van der Waals surface area (Å²) in [6, 6.07) is 20.3. The molecule has 0 heterocycles. The molecule has 0 unspecified atom stereocenters. The van der Waals surface area contributed by atoms with Crippen molar-refractivity contribution in [2.24, 2.45) is 0 Å². The van der Waals surface area contributed by atoms with E-state index >= 15 is 0 Å². The molecule has 0 saturated carbocycles. The molecule has 0 saturated heterocycles. The summed E-state index contributed by atoms with van der Waals surface area (Å²) in [6.07, 6.45) is 6.80. The number of carbonyl (C=O) groups excluding carboxylic acids is 1. The molecule has 3 aromatic rings. The van der Waals surface area contributed by atoms with Crippen LogP contribution in [0.15, 0.2) is 102 Å². The van der Waals surface area contributed by atoms with E-state index in [1.165, 1.54) is 6.08 Å². The molecule has 0 aromatic heterocycles. The Bertz CT molecular complexity index is 1510. The Morgan fingerprint density at radius 1 is 0.737 bits per heavy atom. The van der Waals surface area contributed by atoms with Gasteiger partial charge in [0.25, 0.3) is 0 Å². The minimum absolute atomic E-state index is 0.0151. The van der Waals surface area contributed by atoms with Gasteiger partial charge in [0.15, 0.2) is 5.78 Å². The van der Waals surface area contributed by atoms with Crippen LogP contribution in [0.4, 0.5) is 13.2 Å². The van der Waals surface area contributed by atoms with Crippen LogP contribution in [0.1, 0.15) is 52.7 Å². The summed E-state index contributed by atoms with van der Waals surface area (Å²) >= 11 is 0. The van der Waals surface area contributed by atoms with Gasteiger partial charge >= 0.3 is 6.18 Å². The van der Waals surface area contributed by atoms with Crippen LogP contribution >= 0.6 is 0 Å². The molecule has 0 N–H and O–H groups in total. The highest BCUT2D eigenvalue weighted by Crippen LogP contribution is 2.37. The van der Waals surface area contributed by atoms with Crippen LogP contribution in [0.5, 0.6) is 0 Å². The summed E-state index contributed by atoms with van der Waals surface area (Å²) in [6.45, 7) is 4.08. The van der Waals surface area contributed by atoms with Crippen molar-refractivity contribution in [1.82, 2.24) is 0 Å². The third-order valence-electron chi connectivity index (χ3n) is 7.36. The number of aryl methyl sites for hydroxylation is 2. The van der Waals surface area contributed by atoms with Gasteiger partial charge < -0.3 is 0 Å². The quantitative estimate of drug-likeness (QED) is 0.312. The van der Waals surface area contributed by atoms with Crippen LogP contribution in [0.2, 0.25) is 0 Å². The average Bonchev–Trinajstić information content (AvgIpc) is 2.93. The van der Waals surface area contributed by atoms with E-state index in [1.807, 2.05) is 61.5 Å². The molecule has 4 heteroatoms. The normalized spacial score (nSPS) is 15.6. The highest BCUT2D eigenvalue weighted by atomic mass is 19.4. The SMILES string of the molecule is Cc1cc(-c2ccc(-c3ccc(C(=O)C4=CCCC=C4)cc3)c(C)c2)ccc1C1=CC=C(C(F)(F)F)CC1. The van der Waals surface area contributed by atoms with Crippen LogP contribution in [0.25, 0.3) is 27.8 Å². The Balaban J connectivity index is 1.35. The lowest BCUT2D eigenvalue weighted by Crippen LogP contribution is -2.13. The van der Waals surface area contributed by atoms with Crippen molar-refractivity contribution in [2.45, 2.75) is 45.7 Å². The van der Waals surface area contributed by atoms with E-state index in [-0.39, 0.29) is 12.2 Å². The van der Waals surface area contributed by atoms with Crippen molar-refractivity contribution in [2.75, 3.05) is 0 Å². The molecule has 0 atom stereocenters. The third kappa shape index (κ3) is 5.35. The fraction of sp³-hybridized carbons (Fsp3) is 0.206. The Morgan fingerprint density at radius 3 is 1.89 bits per heavy atom. The zero-order valence-corrected chi connectivity index (χ0v) is 21.5. The van der Waals surface area contributed by atoms with E-state index in [4.69, 9.17) is 0 Å². The van der Waals surface area contributed by atoms with Crippen LogP contribution in [0, 0.1) is 13.8 Å². The number of carbonyl (C=O) groups is 1. The average molecular weight is 511 g/mol. The molecular formula is C34H29F3O. The topological polar surface area (TPSA) is 17.1 Å². The maximum atomic E-state index is 13.0. The van der Waals surface area contributed by atoms with Gasteiger partial charge in [-0.15, -0.1) is 0 Å². The van der Waals surface area contributed by atoms with Crippen molar-refractivity contribution in [3.63, 3.8) is 0 Å². The second kappa shape index (κ2) is 10.4. The van der Waals surface area contributed by atoms with Gasteiger partial charge in [-0.3, -0.25) is 4.79 Å². The minimum atomic E-state index is -4.26. The number of benzene rings is 3. The van der Waals surface area contributed by atoms with Gasteiger partial charge in [0.05, 0.1) is 0 Å². The molecule has 2 aliphatic carbocycles. The van der Waals surface area contributed by atoms with Crippen LogP contribution in [-0.4, -0.2) is 12.0 Å². The maximum absolute atomic E-state index is 13.0. The number of alkyl halides is 3. The van der Waals surface area contributed by atoms with Crippen molar-refractivity contribution < 1.29 is 18.0 Å². The second-order valence-corrected chi connectivity index (χ2v) is 9.99. The highest BCUT2D eigenvalue weighted by Gasteiger charge is 2.33. The molecular weight excluding hydrogens is 481 g/mol. The van der Waals surface area contributed by atoms with Crippen molar-refractivity contribution >= 4 is 11.4 Å². The van der Waals surface area contributed by atoms with E-state index in [0.29, 0.717) is 12.0 Å². The molecule has 38 heavy (non-hydrogen) atoms. The molecule has 0 aliphatic heterocycles. The standard InChI is InChI=1S/C34H29F3O/c1-22-20-28(29-15-19-32(23(2)21-29)25-12-16-30(17-13-25)34(35,36)37)14-18-31(22)24-8-10-27(11-9-24)33(38)26-6-4-3-5-7-26/h4,6-12,14-16,18-21H,3,5,13,17H2,1-2H3. The first-order valence-electron chi connectivity index (χ1n) is 12.9. The predicted molar refractivity (Wildman–Crippen MR) is 149 cm³/mol. The van der Waals surface area contributed by atoms with Crippen molar-refractivity contribution in [1.29, 1.82) is 0 Å². The third-order valence-corrected chi connectivity index (χ3v) is 7.36. The van der Waals surface area contributed by atoms with E-state index in [0.717, 1.165) is 62.9 Å². The highest BCUT2D eigenvalue weighted by molar-refractivity contribution is 6.10. The Kier molecular flexibility index (Phi) is 7.07. The Labute approximate surface area is 221 Å². The zero-order valence-electron chi connectivity index (χ0n) is 21.5. The van der Waals surface area contributed by atoms with Crippen LogP contribution < -0.4 is 0 Å².